The van der Waals surface area contributed by atoms with Gasteiger partial charge in [-0.1, -0.05) is 0 Å². The number of nitrogens with zero attached hydrogens (tertiary/aromatic N) is 2. The van der Waals surface area contributed by atoms with Crippen LogP contribution in [0.2, 0.25) is 0 Å². The number of hydrogen-bond acceptors (Lipinski definition) is 14. The molecule has 0 aliphatic carbocycles. The zero-order chi connectivity index (χ0) is 50.8. The highest BCUT2D eigenvalue weighted by Gasteiger charge is 2.29. The van der Waals surface area contributed by atoms with Crippen molar-refractivity contribution in [2.24, 2.45) is 0 Å². The van der Waals surface area contributed by atoms with Crippen LogP contribution in [0.3, 0.4) is 0 Å². The largest absolute Gasteiger partial charge is 0.496 e. The van der Waals surface area contributed by atoms with Crippen molar-refractivity contribution in [3.8, 4) is 114 Å². The summed E-state index contributed by atoms with van der Waals surface area (Å²) in [5, 5.41) is 0. The highest BCUT2D eigenvalue weighted by atomic mass is 16.5. The fourth-order valence-corrected chi connectivity index (χ4v) is 9.27. The molecule has 0 saturated heterocycles. The Labute approximate surface area is 416 Å². The lowest BCUT2D eigenvalue weighted by Crippen LogP contribution is -1.99. The minimum atomic E-state index is 0.463. The van der Waals surface area contributed by atoms with Gasteiger partial charge in [-0.05, 0) is 48.6 Å². The van der Waals surface area contributed by atoms with Crippen molar-refractivity contribution in [1.82, 2.24) is 19.9 Å². The van der Waals surface area contributed by atoms with Crippen LogP contribution in [-0.2, 0) is 0 Å². The summed E-state index contributed by atoms with van der Waals surface area (Å²) in [5.74, 6) is 5.97. The van der Waals surface area contributed by atoms with E-state index in [1.807, 2.05) is 85.0 Å². The van der Waals surface area contributed by atoms with E-state index in [0.29, 0.717) is 158 Å². The summed E-state index contributed by atoms with van der Waals surface area (Å²) >= 11 is 0. The standard InChI is InChI=1S/C56H54N4O12/c1-61-29-21-41(65-5)53(42(22-29)66-6)49-33-13-15-35(57-33)50(54-43(67-7)23-30(62-2)24-44(54)68-8)37-17-19-39(59-37)52(56-47(71-11)27-32(64-4)28-48(56)72-12)40-20-18-38(60-40)51(36-16-14-34(49)58-36)55-45(69-9)25-31(63-3)26-46(55)70-10/h13-28,57-58H,1-12H3. The van der Waals surface area contributed by atoms with Crippen LogP contribution in [0, 0.1) is 0 Å². The number of hydrogen-bond donors (Lipinski definition) is 2. The smallest absolute Gasteiger partial charge is 0.134 e. The van der Waals surface area contributed by atoms with Gasteiger partial charge in [0.25, 0.3) is 0 Å². The van der Waals surface area contributed by atoms with E-state index in [9.17, 15) is 0 Å². The highest BCUT2D eigenvalue weighted by Crippen LogP contribution is 2.51. The number of nitrogens with one attached hydrogen (secondary N) is 2. The summed E-state index contributed by atoms with van der Waals surface area (Å²) in [4.78, 5) is 18.5. The average molecular weight is 975 g/mol. The van der Waals surface area contributed by atoms with Gasteiger partial charge in [0.2, 0.25) is 0 Å². The lowest BCUT2D eigenvalue weighted by molar-refractivity contribution is 0.377. The van der Waals surface area contributed by atoms with Crippen molar-refractivity contribution in [2.75, 3.05) is 85.3 Å². The molecule has 4 aromatic carbocycles. The predicted molar refractivity (Wildman–Crippen MR) is 279 cm³/mol. The first-order valence-electron chi connectivity index (χ1n) is 22.5. The molecule has 8 bridgehead atoms. The van der Waals surface area contributed by atoms with E-state index in [4.69, 9.17) is 66.8 Å². The molecular weight excluding hydrogens is 921 g/mol. The van der Waals surface area contributed by atoms with Gasteiger partial charge in [-0.2, -0.15) is 0 Å². The summed E-state index contributed by atoms with van der Waals surface area (Å²) in [6.45, 7) is 0. The third-order valence-electron chi connectivity index (χ3n) is 12.6. The van der Waals surface area contributed by atoms with E-state index in [1.54, 1.807) is 97.5 Å². The van der Waals surface area contributed by atoms with E-state index in [2.05, 4.69) is 9.97 Å². The first-order valence-corrected chi connectivity index (χ1v) is 22.5. The molecule has 7 aromatic rings. The molecule has 0 fully saturated rings. The van der Waals surface area contributed by atoms with Crippen LogP contribution in [0.1, 0.15) is 22.8 Å². The summed E-state index contributed by atoms with van der Waals surface area (Å²) in [6.07, 6.45) is 7.77. The molecular formula is C56H54N4O12. The van der Waals surface area contributed by atoms with Gasteiger partial charge in [0.1, 0.15) is 69.0 Å². The Hall–Kier alpha value is -8.92. The number of fused-ring (bicyclic) bond motifs is 8. The number of ether oxygens (including phenoxy) is 12. The maximum atomic E-state index is 6.14. The zero-order valence-corrected chi connectivity index (χ0v) is 42.0. The predicted octanol–water partition coefficient (Wildman–Crippen LogP) is 11.4. The Morgan fingerprint density at radius 2 is 0.458 bits per heavy atom. The van der Waals surface area contributed by atoms with Gasteiger partial charge in [0.15, 0.2) is 0 Å². The number of benzene rings is 4. The normalized spacial score (nSPS) is 11.5. The van der Waals surface area contributed by atoms with E-state index in [0.717, 1.165) is 0 Å². The van der Waals surface area contributed by atoms with Crippen molar-refractivity contribution in [1.29, 1.82) is 0 Å². The topological polar surface area (TPSA) is 168 Å². The summed E-state index contributed by atoms with van der Waals surface area (Å²) in [6, 6.07) is 22.4. The minimum Gasteiger partial charge on any atom is -0.496 e. The maximum Gasteiger partial charge on any atom is 0.134 e. The Balaban J connectivity index is 1.57. The van der Waals surface area contributed by atoms with Gasteiger partial charge in [-0.15, -0.1) is 0 Å². The summed E-state index contributed by atoms with van der Waals surface area (Å²) < 4.78 is 71.9. The van der Waals surface area contributed by atoms with Gasteiger partial charge >= 0.3 is 0 Å². The summed E-state index contributed by atoms with van der Waals surface area (Å²) in [7, 11) is 19.2. The quantitative estimate of drug-likeness (QED) is 0.0938. The van der Waals surface area contributed by atoms with Gasteiger partial charge in [-0.3, -0.25) is 0 Å². The molecule has 0 spiro atoms. The second kappa shape index (κ2) is 20.2. The van der Waals surface area contributed by atoms with Crippen LogP contribution in [0.15, 0.2) is 72.8 Å². The Kier molecular flexibility index (Phi) is 13.5. The van der Waals surface area contributed by atoms with Gasteiger partial charge in [0, 0.05) is 92.9 Å². The molecule has 16 heteroatoms. The molecule has 0 amide bonds. The minimum absolute atomic E-state index is 0.463. The van der Waals surface area contributed by atoms with Gasteiger partial charge in [0.05, 0.1) is 130 Å². The van der Waals surface area contributed by atoms with Gasteiger partial charge in [-0.25, -0.2) is 9.97 Å². The van der Waals surface area contributed by atoms with E-state index in [1.165, 1.54) is 0 Å². The molecule has 9 rings (SSSR count). The van der Waals surface area contributed by atoms with Gasteiger partial charge < -0.3 is 66.8 Å². The number of aromatic amines is 2. The van der Waals surface area contributed by atoms with Crippen LogP contribution >= 0.6 is 0 Å². The van der Waals surface area contributed by atoms with Crippen molar-refractivity contribution in [3.63, 3.8) is 0 Å². The fraction of sp³-hybridized carbons (Fsp3) is 0.214. The average Bonchev–Trinajstić information content (AvgIpc) is 4.29. The first kappa shape index (κ1) is 48.1. The number of H-pyrrole nitrogens is 2. The van der Waals surface area contributed by atoms with Crippen LogP contribution < -0.4 is 56.8 Å². The molecule has 2 aliphatic rings. The molecule has 16 nitrogen and oxygen atoms in total. The van der Waals surface area contributed by atoms with Crippen molar-refractivity contribution < 1.29 is 56.8 Å². The molecule has 0 unspecified atom stereocenters. The van der Waals surface area contributed by atoms with Crippen molar-refractivity contribution in [3.05, 3.63) is 95.6 Å². The molecule has 2 aliphatic heterocycles. The van der Waals surface area contributed by atoms with Crippen LogP contribution in [0.25, 0.3) is 90.9 Å². The SMILES string of the molecule is COc1cc(OC)c(-c2c3nc(c(-c4c(OC)cc(OC)cc4OC)c4ccc([nH]4)c(-c4c(OC)cc(OC)cc4OC)c4ccc([nH]4)c(-c4c(OC)cc(OC)cc4OC)c4nc2C=C4)C=C3)c(OC)c1. The monoisotopic (exact) mass is 974 g/mol. The molecule has 0 radical (unpaired) electrons. The highest BCUT2D eigenvalue weighted by molar-refractivity contribution is 6.04. The molecule has 72 heavy (non-hydrogen) atoms. The molecule has 2 N–H and O–H groups in total. The van der Waals surface area contributed by atoms with Crippen LogP contribution in [-0.4, -0.2) is 105 Å². The second-order valence-electron chi connectivity index (χ2n) is 16.1. The molecule has 0 atom stereocenters. The Morgan fingerprint density at radius 3 is 0.694 bits per heavy atom. The summed E-state index contributed by atoms with van der Waals surface area (Å²) in [5.41, 5.74) is 9.92. The second-order valence-corrected chi connectivity index (χ2v) is 16.1. The number of aromatic nitrogens is 4. The van der Waals surface area contributed by atoms with Crippen molar-refractivity contribution >= 4 is 46.4 Å². The lowest BCUT2D eigenvalue weighted by Gasteiger charge is -2.17. The van der Waals surface area contributed by atoms with Crippen LogP contribution in [0.4, 0.5) is 0 Å². The van der Waals surface area contributed by atoms with Crippen molar-refractivity contribution in [2.45, 2.75) is 0 Å². The molecule has 3 aromatic heterocycles. The van der Waals surface area contributed by atoms with E-state index < -0.39 is 0 Å². The zero-order valence-electron chi connectivity index (χ0n) is 42.0. The number of methoxy groups -OCH3 is 12. The fourth-order valence-electron chi connectivity index (χ4n) is 9.27. The van der Waals surface area contributed by atoms with E-state index >= 15 is 0 Å². The first-order chi connectivity index (χ1) is 35.1. The van der Waals surface area contributed by atoms with Crippen LogP contribution in [0.5, 0.6) is 69.0 Å². The third-order valence-corrected chi connectivity index (χ3v) is 12.6. The Bertz CT molecular complexity index is 3220. The maximum absolute atomic E-state index is 6.14. The molecule has 370 valence electrons. The Morgan fingerprint density at radius 1 is 0.250 bits per heavy atom. The third kappa shape index (κ3) is 8.29. The van der Waals surface area contributed by atoms with E-state index in [-0.39, 0.29) is 0 Å². The molecule has 5 heterocycles. The molecule has 0 saturated carbocycles. The lowest BCUT2D eigenvalue weighted by atomic mass is 9.99. The number of rotatable bonds is 16.